The summed E-state index contributed by atoms with van der Waals surface area (Å²) in [5, 5.41) is 10.1. The fraction of sp³-hybridized carbons (Fsp3) is 0.667. The van der Waals surface area contributed by atoms with Crippen molar-refractivity contribution >= 4 is 17.5 Å². The van der Waals surface area contributed by atoms with E-state index in [4.69, 9.17) is 0 Å². The SMILES string of the molecule is CCC(=O)C(C)(C)C(=O)CC(=O)[O-]. The lowest BCUT2D eigenvalue weighted by molar-refractivity contribution is -0.304. The van der Waals surface area contributed by atoms with E-state index in [1.165, 1.54) is 13.8 Å². The van der Waals surface area contributed by atoms with E-state index >= 15 is 0 Å². The highest BCUT2D eigenvalue weighted by molar-refractivity contribution is 6.10. The molecule has 0 radical (unpaired) electrons. The van der Waals surface area contributed by atoms with Gasteiger partial charge in [0.1, 0.15) is 5.78 Å². The van der Waals surface area contributed by atoms with Crippen molar-refractivity contribution in [2.24, 2.45) is 5.41 Å². The van der Waals surface area contributed by atoms with Crippen molar-refractivity contribution < 1.29 is 19.5 Å². The molecule has 0 spiro atoms. The van der Waals surface area contributed by atoms with Gasteiger partial charge in [-0.1, -0.05) is 6.92 Å². The second-order valence-corrected chi connectivity index (χ2v) is 3.37. The van der Waals surface area contributed by atoms with Crippen LogP contribution < -0.4 is 5.11 Å². The number of ketones is 2. The number of carboxylic acids is 1. The molecule has 0 aliphatic heterocycles. The van der Waals surface area contributed by atoms with Gasteiger partial charge in [0.15, 0.2) is 5.78 Å². The highest BCUT2D eigenvalue weighted by atomic mass is 16.4. The van der Waals surface area contributed by atoms with E-state index in [1.807, 2.05) is 0 Å². The zero-order chi connectivity index (χ0) is 10.6. The zero-order valence-electron chi connectivity index (χ0n) is 8.05. The van der Waals surface area contributed by atoms with E-state index in [0.717, 1.165) is 0 Å². The van der Waals surface area contributed by atoms with Crippen molar-refractivity contribution in [3.05, 3.63) is 0 Å². The zero-order valence-corrected chi connectivity index (χ0v) is 8.05. The summed E-state index contributed by atoms with van der Waals surface area (Å²) in [4.78, 5) is 32.6. The first-order chi connectivity index (χ1) is 5.82. The highest BCUT2D eigenvalue weighted by Crippen LogP contribution is 2.21. The molecule has 0 saturated heterocycles. The van der Waals surface area contributed by atoms with Crippen molar-refractivity contribution in [2.75, 3.05) is 0 Å². The van der Waals surface area contributed by atoms with Crippen LogP contribution in [0.4, 0.5) is 0 Å². The number of rotatable bonds is 5. The van der Waals surface area contributed by atoms with Crippen molar-refractivity contribution in [3.63, 3.8) is 0 Å². The second-order valence-electron chi connectivity index (χ2n) is 3.37. The smallest absolute Gasteiger partial charge is 0.151 e. The number of hydrogen-bond acceptors (Lipinski definition) is 4. The molecule has 0 aromatic heterocycles. The van der Waals surface area contributed by atoms with Gasteiger partial charge in [0.25, 0.3) is 0 Å². The summed E-state index contributed by atoms with van der Waals surface area (Å²) in [6.45, 7) is 4.50. The molecule has 0 amide bonds. The first kappa shape index (κ1) is 11.8. The Balaban J connectivity index is 4.54. The van der Waals surface area contributed by atoms with Gasteiger partial charge in [-0.15, -0.1) is 0 Å². The highest BCUT2D eigenvalue weighted by Gasteiger charge is 2.33. The molecule has 0 fully saturated rings. The minimum atomic E-state index is -1.44. The maximum absolute atomic E-state index is 11.2. The standard InChI is InChI=1S/C9H14O4/c1-4-6(10)9(2,3)7(11)5-8(12)13/h4-5H2,1-3H3,(H,12,13)/p-1. The number of carbonyl (C=O) groups is 3. The average molecular weight is 185 g/mol. The summed E-state index contributed by atoms with van der Waals surface area (Å²) in [5.41, 5.74) is -1.20. The van der Waals surface area contributed by atoms with Crippen LogP contribution >= 0.6 is 0 Å². The van der Waals surface area contributed by atoms with E-state index in [2.05, 4.69) is 0 Å². The fourth-order valence-corrected chi connectivity index (χ4v) is 0.950. The maximum Gasteiger partial charge on any atom is 0.151 e. The summed E-state index contributed by atoms with van der Waals surface area (Å²) in [5.74, 6) is -2.29. The lowest BCUT2D eigenvalue weighted by atomic mass is 9.81. The van der Waals surface area contributed by atoms with Gasteiger partial charge in [0.2, 0.25) is 0 Å². The summed E-state index contributed by atoms with van der Waals surface area (Å²) in [7, 11) is 0. The number of carboxylic acid groups (broad SMARTS) is 1. The van der Waals surface area contributed by atoms with E-state index in [1.54, 1.807) is 6.92 Å². The Morgan fingerprint density at radius 3 is 1.92 bits per heavy atom. The van der Waals surface area contributed by atoms with Crippen LogP contribution in [0.3, 0.4) is 0 Å². The predicted octanol–water partition coefficient (Wildman–Crippen LogP) is -0.299. The van der Waals surface area contributed by atoms with Gasteiger partial charge < -0.3 is 9.90 Å². The predicted molar refractivity (Wildman–Crippen MR) is 43.7 cm³/mol. The third-order valence-electron chi connectivity index (χ3n) is 2.02. The Morgan fingerprint density at radius 2 is 1.62 bits per heavy atom. The van der Waals surface area contributed by atoms with Gasteiger partial charge in [0.05, 0.1) is 5.41 Å². The van der Waals surface area contributed by atoms with Crippen molar-refractivity contribution in [1.29, 1.82) is 0 Å². The largest absolute Gasteiger partial charge is 0.550 e. The summed E-state index contributed by atoms with van der Waals surface area (Å²) < 4.78 is 0. The average Bonchev–Trinajstić information content (AvgIpc) is 2.01. The molecule has 0 unspecified atom stereocenters. The molecule has 0 aliphatic rings. The molecule has 0 aliphatic carbocycles. The van der Waals surface area contributed by atoms with Crippen molar-refractivity contribution in [1.82, 2.24) is 0 Å². The van der Waals surface area contributed by atoms with Crippen LogP contribution in [0.2, 0.25) is 0 Å². The topological polar surface area (TPSA) is 74.3 Å². The molecule has 74 valence electrons. The van der Waals surface area contributed by atoms with Crippen LogP contribution in [0.5, 0.6) is 0 Å². The molecule has 0 atom stereocenters. The molecule has 0 rings (SSSR count). The van der Waals surface area contributed by atoms with Crippen molar-refractivity contribution in [2.45, 2.75) is 33.6 Å². The lowest BCUT2D eigenvalue weighted by Crippen LogP contribution is -2.37. The van der Waals surface area contributed by atoms with Gasteiger partial charge >= 0.3 is 0 Å². The Bertz CT molecular complexity index is 240. The molecule has 13 heavy (non-hydrogen) atoms. The van der Waals surface area contributed by atoms with Crippen LogP contribution in [-0.2, 0) is 14.4 Å². The summed E-state index contributed by atoms with van der Waals surface area (Å²) in [6, 6.07) is 0. The lowest BCUT2D eigenvalue weighted by Gasteiger charge is -2.20. The monoisotopic (exact) mass is 185 g/mol. The van der Waals surface area contributed by atoms with E-state index in [-0.39, 0.29) is 12.2 Å². The quantitative estimate of drug-likeness (QED) is 0.551. The van der Waals surface area contributed by atoms with E-state index < -0.39 is 23.6 Å². The van der Waals surface area contributed by atoms with Crippen molar-refractivity contribution in [3.8, 4) is 0 Å². The molecule has 4 nitrogen and oxygen atoms in total. The van der Waals surface area contributed by atoms with Crippen LogP contribution in [0.25, 0.3) is 0 Å². The Kier molecular flexibility index (Phi) is 3.78. The first-order valence-corrected chi connectivity index (χ1v) is 4.08. The third-order valence-corrected chi connectivity index (χ3v) is 2.02. The molecule has 0 aromatic rings. The van der Waals surface area contributed by atoms with Gasteiger partial charge in [-0.25, -0.2) is 0 Å². The Morgan fingerprint density at radius 1 is 1.15 bits per heavy atom. The fourth-order valence-electron chi connectivity index (χ4n) is 0.950. The van der Waals surface area contributed by atoms with Crippen LogP contribution in [0.1, 0.15) is 33.6 Å². The van der Waals surface area contributed by atoms with Gasteiger partial charge in [0, 0.05) is 18.8 Å². The summed E-state index contributed by atoms with van der Waals surface area (Å²) in [6.07, 6.45) is -0.468. The number of carbonyl (C=O) groups excluding carboxylic acids is 3. The molecular weight excluding hydrogens is 172 g/mol. The Labute approximate surface area is 76.9 Å². The third kappa shape index (κ3) is 2.97. The first-order valence-electron chi connectivity index (χ1n) is 4.08. The van der Waals surface area contributed by atoms with E-state index in [9.17, 15) is 19.5 Å². The summed E-state index contributed by atoms with van der Waals surface area (Å²) >= 11 is 0. The molecule has 0 heterocycles. The van der Waals surface area contributed by atoms with Gasteiger partial charge in [-0.2, -0.15) is 0 Å². The molecule has 0 saturated carbocycles. The number of aliphatic carboxylic acids is 1. The van der Waals surface area contributed by atoms with Crippen LogP contribution in [-0.4, -0.2) is 17.5 Å². The van der Waals surface area contributed by atoms with Gasteiger partial charge in [-0.05, 0) is 13.8 Å². The molecule has 0 aromatic carbocycles. The molecular formula is C9H13O4-. The molecule has 4 heteroatoms. The molecule has 0 N–H and O–H groups in total. The second kappa shape index (κ2) is 4.16. The molecule has 0 bridgehead atoms. The normalized spacial score (nSPS) is 11.0. The minimum Gasteiger partial charge on any atom is -0.550 e. The van der Waals surface area contributed by atoms with Gasteiger partial charge in [-0.3, -0.25) is 9.59 Å². The Hall–Kier alpha value is -1.19. The number of hydrogen-bond donors (Lipinski definition) is 0. The van der Waals surface area contributed by atoms with Crippen LogP contribution in [0.15, 0.2) is 0 Å². The van der Waals surface area contributed by atoms with Crippen LogP contribution in [0, 0.1) is 5.41 Å². The minimum absolute atomic E-state index is 0.228. The van der Waals surface area contributed by atoms with E-state index in [0.29, 0.717) is 0 Å². The maximum atomic E-state index is 11.2. The number of Topliss-reactive ketones (excluding diaryl/α,β-unsaturated/α-hetero) is 2.